The lowest BCUT2D eigenvalue weighted by atomic mass is 9.99. The molecule has 0 aliphatic rings. The quantitative estimate of drug-likeness (QED) is 0.738. The summed E-state index contributed by atoms with van der Waals surface area (Å²) in [5.41, 5.74) is 6.67. The smallest absolute Gasteiger partial charge is 0.126 e. The van der Waals surface area contributed by atoms with Gasteiger partial charge in [-0.2, -0.15) is 0 Å². The predicted octanol–water partition coefficient (Wildman–Crippen LogP) is 1.59. The van der Waals surface area contributed by atoms with E-state index in [0.29, 0.717) is 19.8 Å². The maximum atomic E-state index is 9.20. The molecule has 0 spiro atoms. The van der Waals surface area contributed by atoms with Crippen LogP contribution >= 0.6 is 0 Å². The monoisotopic (exact) mass is 253 g/mol. The molecule has 0 heterocycles. The molecule has 3 N–H and O–H groups in total. The molecule has 18 heavy (non-hydrogen) atoms. The molecule has 0 radical (unpaired) electrons. The summed E-state index contributed by atoms with van der Waals surface area (Å²) in [7, 11) is 0. The topological polar surface area (TPSA) is 64.7 Å². The van der Waals surface area contributed by atoms with Gasteiger partial charge in [0.2, 0.25) is 0 Å². The molecule has 4 nitrogen and oxygen atoms in total. The predicted molar refractivity (Wildman–Crippen MR) is 72.1 cm³/mol. The van der Waals surface area contributed by atoms with E-state index in [0.717, 1.165) is 23.5 Å². The van der Waals surface area contributed by atoms with Crippen LogP contribution in [-0.2, 0) is 6.42 Å². The van der Waals surface area contributed by atoms with Crippen molar-refractivity contribution in [3.8, 4) is 11.5 Å². The van der Waals surface area contributed by atoms with E-state index in [9.17, 15) is 5.11 Å². The van der Waals surface area contributed by atoms with Crippen LogP contribution in [0.2, 0.25) is 0 Å². The molecule has 1 aromatic rings. The lowest BCUT2D eigenvalue weighted by Crippen LogP contribution is -2.20. The number of hydrogen-bond donors (Lipinski definition) is 2. The summed E-state index contributed by atoms with van der Waals surface area (Å²) in [6.07, 6.45) is 0.717. The third-order valence-corrected chi connectivity index (χ3v) is 2.75. The lowest BCUT2D eigenvalue weighted by molar-refractivity contribution is 0.228. The van der Waals surface area contributed by atoms with E-state index in [1.54, 1.807) is 0 Å². The van der Waals surface area contributed by atoms with Crippen molar-refractivity contribution in [3.63, 3.8) is 0 Å². The molecule has 0 saturated heterocycles. The number of aliphatic hydroxyl groups excluding tert-OH is 1. The molecule has 0 bridgehead atoms. The minimum absolute atomic E-state index is 0.0714. The zero-order valence-electron chi connectivity index (χ0n) is 11.2. The Balaban J connectivity index is 2.88. The number of benzene rings is 1. The van der Waals surface area contributed by atoms with Crippen molar-refractivity contribution in [2.75, 3.05) is 26.4 Å². The average Bonchev–Trinajstić information content (AvgIpc) is 2.39. The summed E-state index contributed by atoms with van der Waals surface area (Å²) in [6.45, 7) is 5.70. The van der Waals surface area contributed by atoms with Gasteiger partial charge >= 0.3 is 0 Å². The number of hydrogen-bond acceptors (Lipinski definition) is 4. The minimum atomic E-state index is 0.0714. The maximum absolute atomic E-state index is 9.20. The summed E-state index contributed by atoms with van der Waals surface area (Å²) < 4.78 is 11.1. The maximum Gasteiger partial charge on any atom is 0.126 e. The molecule has 4 heteroatoms. The first-order valence-electron chi connectivity index (χ1n) is 6.44. The van der Waals surface area contributed by atoms with Gasteiger partial charge in [-0.25, -0.2) is 0 Å². The summed E-state index contributed by atoms with van der Waals surface area (Å²) in [4.78, 5) is 0. The minimum Gasteiger partial charge on any atom is -0.494 e. The second kappa shape index (κ2) is 7.95. The highest BCUT2D eigenvalue weighted by molar-refractivity contribution is 5.41. The lowest BCUT2D eigenvalue weighted by Gasteiger charge is -2.16. The van der Waals surface area contributed by atoms with Crippen molar-refractivity contribution >= 4 is 0 Å². The zero-order chi connectivity index (χ0) is 13.4. The number of rotatable bonds is 8. The van der Waals surface area contributed by atoms with Gasteiger partial charge < -0.3 is 20.3 Å². The van der Waals surface area contributed by atoms with Crippen LogP contribution in [0.4, 0.5) is 0 Å². The summed E-state index contributed by atoms with van der Waals surface area (Å²) in [5, 5.41) is 9.20. The molecule has 0 fully saturated rings. The molecular formula is C14H23NO3. The average molecular weight is 253 g/mol. The van der Waals surface area contributed by atoms with Gasteiger partial charge in [0.15, 0.2) is 0 Å². The van der Waals surface area contributed by atoms with E-state index in [1.807, 2.05) is 32.0 Å². The molecule has 0 saturated carbocycles. The Morgan fingerprint density at radius 1 is 1.22 bits per heavy atom. The first kappa shape index (κ1) is 14.8. The van der Waals surface area contributed by atoms with Gasteiger partial charge in [0.1, 0.15) is 11.5 Å². The SMILES string of the molecule is CCOc1ccc(CC(CN)CO)c(OCC)c1. The molecule has 1 aromatic carbocycles. The Bertz CT molecular complexity index is 351. The van der Waals surface area contributed by atoms with E-state index in [1.165, 1.54) is 0 Å². The van der Waals surface area contributed by atoms with Gasteiger partial charge in [-0.05, 0) is 44.4 Å². The molecular weight excluding hydrogens is 230 g/mol. The number of nitrogens with two attached hydrogens (primary N) is 1. The third-order valence-electron chi connectivity index (χ3n) is 2.75. The molecule has 0 aliphatic carbocycles. The van der Waals surface area contributed by atoms with Gasteiger partial charge in [0.05, 0.1) is 13.2 Å². The van der Waals surface area contributed by atoms with Crippen molar-refractivity contribution in [2.24, 2.45) is 11.7 Å². The summed E-state index contributed by atoms with van der Waals surface area (Å²) in [6, 6.07) is 5.80. The Kier molecular flexibility index (Phi) is 6.54. The highest BCUT2D eigenvalue weighted by Gasteiger charge is 2.11. The summed E-state index contributed by atoms with van der Waals surface area (Å²) in [5.74, 6) is 1.69. The van der Waals surface area contributed by atoms with Gasteiger partial charge in [-0.3, -0.25) is 0 Å². The van der Waals surface area contributed by atoms with E-state index in [2.05, 4.69) is 0 Å². The van der Waals surface area contributed by atoms with Crippen molar-refractivity contribution < 1.29 is 14.6 Å². The fourth-order valence-electron chi connectivity index (χ4n) is 1.78. The van der Waals surface area contributed by atoms with Gasteiger partial charge in [0.25, 0.3) is 0 Å². The second-order valence-corrected chi connectivity index (χ2v) is 4.12. The molecule has 1 atom stereocenters. The molecule has 102 valence electrons. The van der Waals surface area contributed by atoms with Gasteiger partial charge in [-0.1, -0.05) is 6.07 Å². The highest BCUT2D eigenvalue weighted by atomic mass is 16.5. The number of ether oxygens (including phenoxy) is 2. The van der Waals surface area contributed by atoms with E-state index < -0.39 is 0 Å². The Morgan fingerprint density at radius 2 is 1.94 bits per heavy atom. The molecule has 1 rings (SSSR count). The Hall–Kier alpha value is -1.26. The van der Waals surface area contributed by atoms with Crippen LogP contribution in [0, 0.1) is 5.92 Å². The van der Waals surface area contributed by atoms with Gasteiger partial charge in [-0.15, -0.1) is 0 Å². The fraction of sp³-hybridized carbons (Fsp3) is 0.571. The molecule has 0 aromatic heterocycles. The molecule has 1 unspecified atom stereocenters. The second-order valence-electron chi connectivity index (χ2n) is 4.12. The Morgan fingerprint density at radius 3 is 2.50 bits per heavy atom. The zero-order valence-corrected chi connectivity index (χ0v) is 11.2. The van der Waals surface area contributed by atoms with Crippen molar-refractivity contribution in [2.45, 2.75) is 20.3 Å². The van der Waals surface area contributed by atoms with Crippen molar-refractivity contribution in [1.82, 2.24) is 0 Å². The third kappa shape index (κ3) is 4.20. The van der Waals surface area contributed by atoms with Crippen LogP contribution in [-0.4, -0.2) is 31.5 Å². The van der Waals surface area contributed by atoms with Crippen LogP contribution in [0.25, 0.3) is 0 Å². The summed E-state index contributed by atoms with van der Waals surface area (Å²) >= 11 is 0. The highest BCUT2D eigenvalue weighted by Crippen LogP contribution is 2.27. The van der Waals surface area contributed by atoms with Crippen LogP contribution in [0.5, 0.6) is 11.5 Å². The van der Waals surface area contributed by atoms with E-state index in [4.69, 9.17) is 15.2 Å². The normalized spacial score (nSPS) is 12.2. The van der Waals surface area contributed by atoms with Crippen LogP contribution in [0.1, 0.15) is 19.4 Å². The van der Waals surface area contributed by atoms with E-state index in [-0.39, 0.29) is 12.5 Å². The standard InChI is InChI=1S/C14H23NO3/c1-3-17-13-6-5-12(7-11(9-15)10-16)14(8-13)18-4-2/h5-6,8,11,16H,3-4,7,9-10,15H2,1-2H3. The van der Waals surface area contributed by atoms with Crippen LogP contribution < -0.4 is 15.2 Å². The first-order chi connectivity index (χ1) is 8.74. The van der Waals surface area contributed by atoms with Crippen LogP contribution in [0.15, 0.2) is 18.2 Å². The van der Waals surface area contributed by atoms with Crippen molar-refractivity contribution in [3.05, 3.63) is 23.8 Å². The van der Waals surface area contributed by atoms with Gasteiger partial charge in [0, 0.05) is 12.7 Å². The Labute approximate surface area is 109 Å². The number of aliphatic hydroxyl groups is 1. The molecule has 0 amide bonds. The fourth-order valence-corrected chi connectivity index (χ4v) is 1.78. The van der Waals surface area contributed by atoms with Crippen molar-refractivity contribution in [1.29, 1.82) is 0 Å². The molecule has 0 aliphatic heterocycles. The first-order valence-corrected chi connectivity index (χ1v) is 6.44. The van der Waals surface area contributed by atoms with Crippen LogP contribution in [0.3, 0.4) is 0 Å². The van der Waals surface area contributed by atoms with E-state index >= 15 is 0 Å². The largest absolute Gasteiger partial charge is 0.494 e.